The lowest BCUT2D eigenvalue weighted by atomic mass is 10.1. The molecule has 19 heavy (non-hydrogen) atoms. The van der Waals surface area contributed by atoms with Gasteiger partial charge in [-0.1, -0.05) is 6.07 Å². The first-order valence-electron chi connectivity index (χ1n) is 5.79. The van der Waals surface area contributed by atoms with Gasteiger partial charge in [0.05, 0.1) is 11.3 Å². The molecule has 0 aliphatic heterocycles. The number of benzene rings is 1. The molecule has 1 N–H and O–H groups in total. The fraction of sp³-hybridized carbons (Fsp3) is 0.417. The quantitative estimate of drug-likeness (QED) is 0.634. The largest absolute Gasteiger partial charge is 0.481 e. The summed E-state index contributed by atoms with van der Waals surface area (Å²) in [6.07, 6.45) is -0.179. The van der Waals surface area contributed by atoms with Crippen LogP contribution in [0.15, 0.2) is 18.2 Å². The van der Waals surface area contributed by atoms with Crippen LogP contribution in [0.4, 0.5) is 15.8 Å². The van der Waals surface area contributed by atoms with E-state index in [0.717, 1.165) is 6.07 Å². The van der Waals surface area contributed by atoms with Crippen LogP contribution in [-0.2, 0) is 4.79 Å². The molecule has 0 saturated carbocycles. The molecule has 7 heteroatoms. The van der Waals surface area contributed by atoms with E-state index in [-0.39, 0.29) is 12.1 Å². The number of carboxylic acid groups (broad SMARTS) is 1. The van der Waals surface area contributed by atoms with Crippen molar-refractivity contribution in [3.8, 4) is 0 Å². The molecule has 0 heterocycles. The van der Waals surface area contributed by atoms with Crippen molar-refractivity contribution in [1.29, 1.82) is 0 Å². The highest BCUT2D eigenvalue weighted by atomic mass is 19.1. The minimum Gasteiger partial charge on any atom is -0.481 e. The maximum atomic E-state index is 13.5. The Balaban J connectivity index is 3.21. The van der Waals surface area contributed by atoms with Crippen LogP contribution in [0.25, 0.3) is 0 Å². The van der Waals surface area contributed by atoms with E-state index in [9.17, 15) is 19.3 Å². The first kappa shape index (κ1) is 14.9. The number of anilines is 1. The second-order valence-corrected chi connectivity index (χ2v) is 4.10. The zero-order valence-electron chi connectivity index (χ0n) is 10.7. The van der Waals surface area contributed by atoms with E-state index in [1.807, 2.05) is 0 Å². The monoisotopic (exact) mass is 270 g/mol. The summed E-state index contributed by atoms with van der Waals surface area (Å²) in [6.45, 7) is 3.71. The van der Waals surface area contributed by atoms with Crippen molar-refractivity contribution in [2.75, 3.05) is 11.4 Å². The molecule has 0 saturated heterocycles. The first-order chi connectivity index (χ1) is 8.88. The number of carboxylic acids is 1. The highest BCUT2D eigenvalue weighted by molar-refractivity contribution is 5.70. The minimum absolute atomic E-state index is 0.0984. The third kappa shape index (κ3) is 3.40. The van der Waals surface area contributed by atoms with Crippen LogP contribution in [-0.4, -0.2) is 28.6 Å². The molecule has 1 unspecified atom stereocenters. The Morgan fingerprint density at radius 3 is 2.68 bits per heavy atom. The third-order valence-corrected chi connectivity index (χ3v) is 2.80. The number of nitro benzene ring substituents is 1. The molecule has 0 amide bonds. The highest BCUT2D eigenvalue weighted by Crippen LogP contribution is 2.32. The van der Waals surface area contributed by atoms with E-state index in [1.165, 1.54) is 17.0 Å². The van der Waals surface area contributed by atoms with Crippen molar-refractivity contribution in [2.45, 2.75) is 26.3 Å². The summed E-state index contributed by atoms with van der Waals surface area (Å²) in [5, 5.41) is 19.7. The molecular weight excluding hydrogens is 255 g/mol. The van der Waals surface area contributed by atoms with Crippen LogP contribution in [0, 0.1) is 15.9 Å². The zero-order chi connectivity index (χ0) is 14.6. The molecule has 104 valence electrons. The molecule has 0 aromatic heterocycles. The van der Waals surface area contributed by atoms with Gasteiger partial charge in [0.2, 0.25) is 5.82 Å². The fourth-order valence-electron chi connectivity index (χ4n) is 2.00. The summed E-state index contributed by atoms with van der Waals surface area (Å²) in [6, 6.07) is 3.33. The van der Waals surface area contributed by atoms with Crippen molar-refractivity contribution in [2.24, 2.45) is 0 Å². The topological polar surface area (TPSA) is 83.7 Å². The van der Waals surface area contributed by atoms with E-state index < -0.39 is 28.4 Å². The van der Waals surface area contributed by atoms with Crippen molar-refractivity contribution >= 4 is 17.3 Å². The Morgan fingerprint density at radius 2 is 2.21 bits per heavy atom. The third-order valence-electron chi connectivity index (χ3n) is 2.80. The summed E-state index contributed by atoms with van der Waals surface area (Å²) in [5.41, 5.74) is -0.525. The summed E-state index contributed by atoms with van der Waals surface area (Å²) in [5.74, 6) is -1.94. The molecule has 0 fully saturated rings. The lowest BCUT2D eigenvalue weighted by Crippen LogP contribution is -2.35. The molecule has 0 radical (unpaired) electrons. The molecule has 0 aliphatic carbocycles. The average Bonchev–Trinajstić information content (AvgIpc) is 2.28. The van der Waals surface area contributed by atoms with Gasteiger partial charge in [0, 0.05) is 12.6 Å². The molecule has 1 aromatic rings. The van der Waals surface area contributed by atoms with Crippen molar-refractivity contribution in [3.63, 3.8) is 0 Å². The van der Waals surface area contributed by atoms with Crippen molar-refractivity contribution in [1.82, 2.24) is 0 Å². The van der Waals surface area contributed by atoms with Crippen molar-refractivity contribution < 1.29 is 19.2 Å². The molecule has 0 bridgehead atoms. The second-order valence-electron chi connectivity index (χ2n) is 4.10. The number of hydrogen-bond donors (Lipinski definition) is 1. The maximum absolute atomic E-state index is 13.5. The normalized spacial score (nSPS) is 11.9. The molecule has 1 aromatic carbocycles. The Hall–Kier alpha value is -2.18. The maximum Gasteiger partial charge on any atom is 0.327 e. The lowest BCUT2D eigenvalue weighted by molar-refractivity contribution is -0.386. The first-order valence-corrected chi connectivity index (χ1v) is 5.79. The van der Waals surface area contributed by atoms with Gasteiger partial charge < -0.3 is 10.0 Å². The molecule has 6 nitrogen and oxygen atoms in total. The van der Waals surface area contributed by atoms with Crippen LogP contribution in [0.5, 0.6) is 0 Å². The Kier molecular flexibility index (Phi) is 4.80. The fourth-order valence-corrected chi connectivity index (χ4v) is 2.00. The zero-order valence-corrected chi connectivity index (χ0v) is 10.7. The number of halogens is 1. The number of aliphatic carboxylic acids is 1. The van der Waals surface area contributed by atoms with E-state index >= 15 is 0 Å². The van der Waals surface area contributed by atoms with Gasteiger partial charge in [0.15, 0.2) is 0 Å². The molecule has 0 spiro atoms. The van der Waals surface area contributed by atoms with Crippen molar-refractivity contribution in [3.05, 3.63) is 34.1 Å². The molecule has 1 atom stereocenters. The van der Waals surface area contributed by atoms with Crippen LogP contribution in [0.1, 0.15) is 20.3 Å². The van der Waals surface area contributed by atoms with Crippen LogP contribution in [0.2, 0.25) is 0 Å². The highest BCUT2D eigenvalue weighted by Gasteiger charge is 2.26. The van der Waals surface area contributed by atoms with Crippen LogP contribution < -0.4 is 4.90 Å². The predicted molar refractivity (Wildman–Crippen MR) is 67.8 cm³/mol. The number of rotatable bonds is 6. The summed E-state index contributed by atoms with van der Waals surface area (Å²) in [7, 11) is 0. The molecule has 1 rings (SSSR count). The van der Waals surface area contributed by atoms with E-state index in [4.69, 9.17) is 5.11 Å². The number of nitro groups is 1. The van der Waals surface area contributed by atoms with Gasteiger partial charge >= 0.3 is 11.7 Å². The number of carbonyl (C=O) groups is 1. The number of nitrogens with zero attached hydrogens (tertiary/aromatic N) is 2. The lowest BCUT2D eigenvalue weighted by Gasteiger charge is -2.28. The molecular formula is C12H15FN2O4. The Bertz CT molecular complexity index is 493. The van der Waals surface area contributed by atoms with Crippen LogP contribution >= 0.6 is 0 Å². The summed E-state index contributed by atoms with van der Waals surface area (Å²) >= 11 is 0. The smallest absolute Gasteiger partial charge is 0.327 e. The standard InChI is InChI=1S/C12H15FN2O4/c1-3-14(8(2)7-11(16)17)10-6-4-5-9(13)12(10)15(18)19/h4-6,8H,3,7H2,1-2H3,(H,16,17). The second kappa shape index (κ2) is 6.12. The van der Waals surface area contributed by atoms with Gasteiger partial charge in [-0.2, -0.15) is 4.39 Å². The van der Waals surface area contributed by atoms with Gasteiger partial charge in [-0.15, -0.1) is 0 Å². The average molecular weight is 270 g/mol. The number of para-hydroxylation sites is 1. The van der Waals surface area contributed by atoms with Gasteiger partial charge in [0.25, 0.3) is 0 Å². The summed E-state index contributed by atoms with van der Waals surface area (Å²) < 4.78 is 13.5. The minimum atomic E-state index is -1.01. The van der Waals surface area contributed by atoms with E-state index in [1.54, 1.807) is 13.8 Å². The van der Waals surface area contributed by atoms with Gasteiger partial charge in [0.1, 0.15) is 5.69 Å². The van der Waals surface area contributed by atoms with Gasteiger partial charge in [-0.3, -0.25) is 14.9 Å². The van der Waals surface area contributed by atoms with Crippen LogP contribution in [0.3, 0.4) is 0 Å². The van der Waals surface area contributed by atoms with Gasteiger partial charge in [-0.05, 0) is 26.0 Å². The predicted octanol–water partition coefficient (Wildman–Crippen LogP) is 2.42. The van der Waals surface area contributed by atoms with E-state index in [2.05, 4.69) is 0 Å². The molecule has 0 aliphatic rings. The Morgan fingerprint density at radius 1 is 1.58 bits per heavy atom. The van der Waals surface area contributed by atoms with Gasteiger partial charge in [-0.25, -0.2) is 0 Å². The summed E-state index contributed by atoms with van der Waals surface area (Å²) in [4.78, 5) is 22.4. The SMILES string of the molecule is CCN(c1cccc(F)c1[N+](=O)[O-])C(C)CC(=O)O. The Labute approximate surface area is 109 Å². The van der Waals surface area contributed by atoms with E-state index in [0.29, 0.717) is 6.54 Å². The number of hydrogen-bond acceptors (Lipinski definition) is 4.